The Kier molecular flexibility index (Phi) is 3.54. The predicted octanol–water partition coefficient (Wildman–Crippen LogP) is 3.46. The van der Waals surface area contributed by atoms with Gasteiger partial charge in [0, 0.05) is 5.02 Å². The molecule has 0 radical (unpaired) electrons. The van der Waals surface area contributed by atoms with Crippen LogP contribution < -0.4 is 4.72 Å². The van der Waals surface area contributed by atoms with E-state index in [4.69, 9.17) is 11.6 Å². The smallest absolute Gasteiger partial charge is 0.263 e. The minimum atomic E-state index is -3.91. The Balaban J connectivity index is 2.05. The highest BCUT2D eigenvalue weighted by Crippen LogP contribution is 2.27. The maximum absolute atomic E-state index is 13.9. The fraction of sp³-hybridized carbons (Fsp3) is 0.0714. The summed E-state index contributed by atoms with van der Waals surface area (Å²) in [6, 6.07) is 8.71. The Morgan fingerprint density at radius 2 is 2.05 bits per heavy atom. The third-order valence-electron chi connectivity index (χ3n) is 3.22. The number of sulfonamides is 1. The normalized spacial score (nSPS) is 11.8. The number of fused-ring (bicyclic) bond motifs is 1. The van der Waals surface area contributed by atoms with Crippen molar-refractivity contribution in [3.63, 3.8) is 0 Å². The van der Waals surface area contributed by atoms with Crippen LogP contribution in [0, 0.1) is 12.7 Å². The maximum atomic E-state index is 13.9. The molecule has 0 fully saturated rings. The standard InChI is InChI=1S/C14H11ClFN3O2S/c1-8-5-6-9(7-10(8)15)22(20,21)19-14-13-11(16)3-2-4-12(13)17-18-14/h2-7H,1H3,(H2,17,18,19). The molecule has 3 aromatic rings. The van der Waals surface area contributed by atoms with Crippen molar-refractivity contribution >= 4 is 38.3 Å². The summed E-state index contributed by atoms with van der Waals surface area (Å²) in [6.07, 6.45) is 0. The van der Waals surface area contributed by atoms with Crippen molar-refractivity contribution in [3.8, 4) is 0 Å². The van der Waals surface area contributed by atoms with Gasteiger partial charge in [0.2, 0.25) is 0 Å². The summed E-state index contributed by atoms with van der Waals surface area (Å²) in [5.41, 5.74) is 1.16. The van der Waals surface area contributed by atoms with E-state index in [0.717, 1.165) is 5.56 Å². The Labute approximate surface area is 131 Å². The molecule has 0 aliphatic carbocycles. The number of hydrogen-bond acceptors (Lipinski definition) is 3. The van der Waals surface area contributed by atoms with Crippen LogP contribution in [-0.2, 0) is 10.0 Å². The van der Waals surface area contributed by atoms with Gasteiger partial charge in [-0.1, -0.05) is 23.7 Å². The quantitative estimate of drug-likeness (QED) is 0.767. The van der Waals surface area contributed by atoms with E-state index in [1.54, 1.807) is 19.1 Å². The summed E-state index contributed by atoms with van der Waals surface area (Å²) >= 11 is 5.95. The third-order valence-corrected chi connectivity index (χ3v) is 4.97. The van der Waals surface area contributed by atoms with Gasteiger partial charge in [-0.3, -0.25) is 9.82 Å². The summed E-state index contributed by atoms with van der Waals surface area (Å²) in [6.45, 7) is 1.77. The average Bonchev–Trinajstić information content (AvgIpc) is 2.85. The highest BCUT2D eigenvalue weighted by Gasteiger charge is 2.19. The highest BCUT2D eigenvalue weighted by molar-refractivity contribution is 7.92. The number of rotatable bonds is 3. The number of nitrogens with one attached hydrogen (secondary N) is 2. The molecule has 0 saturated heterocycles. The second-order valence-corrected chi connectivity index (χ2v) is 6.84. The van der Waals surface area contributed by atoms with E-state index in [1.807, 2.05) is 0 Å². The minimum absolute atomic E-state index is 0.0180. The molecule has 0 amide bonds. The van der Waals surface area contributed by atoms with Gasteiger partial charge in [-0.15, -0.1) is 0 Å². The first kappa shape index (κ1) is 14.8. The molecular weight excluding hydrogens is 329 g/mol. The molecule has 1 aromatic heterocycles. The number of nitrogens with zero attached hydrogens (tertiary/aromatic N) is 1. The van der Waals surface area contributed by atoms with E-state index in [0.29, 0.717) is 10.5 Å². The van der Waals surface area contributed by atoms with Crippen molar-refractivity contribution < 1.29 is 12.8 Å². The molecule has 0 spiro atoms. The lowest BCUT2D eigenvalue weighted by atomic mass is 10.2. The summed E-state index contributed by atoms with van der Waals surface area (Å²) < 4.78 is 40.9. The van der Waals surface area contributed by atoms with E-state index < -0.39 is 15.8 Å². The lowest BCUT2D eigenvalue weighted by Crippen LogP contribution is -2.13. The van der Waals surface area contributed by atoms with Gasteiger partial charge in [0.15, 0.2) is 5.82 Å². The van der Waals surface area contributed by atoms with Gasteiger partial charge in [0.05, 0.1) is 15.8 Å². The van der Waals surface area contributed by atoms with Gasteiger partial charge in [-0.2, -0.15) is 5.10 Å². The first-order valence-corrected chi connectivity index (χ1v) is 8.16. The van der Waals surface area contributed by atoms with Crippen LogP contribution in [0.4, 0.5) is 10.2 Å². The number of hydrogen-bond donors (Lipinski definition) is 2. The second kappa shape index (κ2) is 5.26. The molecule has 114 valence electrons. The Bertz CT molecular complexity index is 969. The first-order valence-electron chi connectivity index (χ1n) is 6.30. The monoisotopic (exact) mass is 339 g/mol. The molecule has 0 aliphatic rings. The van der Waals surface area contributed by atoms with E-state index >= 15 is 0 Å². The Hall–Kier alpha value is -2.12. The van der Waals surface area contributed by atoms with Crippen LogP contribution in [0.5, 0.6) is 0 Å². The van der Waals surface area contributed by atoms with Gasteiger partial charge in [0.25, 0.3) is 10.0 Å². The predicted molar refractivity (Wildman–Crippen MR) is 83.0 cm³/mol. The maximum Gasteiger partial charge on any atom is 0.263 e. The zero-order valence-corrected chi connectivity index (χ0v) is 13.0. The molecule has 0 unspecified atom stereocenters. The van der Waals surface area contributed by atoms with Crippen molar-refractivity contribution in [2.45, 2.75) is 11.8 Å². The molecule has 5 nitrogen and oxygen atoms in total. The van der Waals surface area contributed by atoms with E-state index in [1.165, 1.54) is 24.3 Å². The molecule has 2 aromatic carbocycles. The molecule has 0 saturated carbocycles. The Morgan fingerprint density at radius 3 is 2.77 bits per heavy atom. The second-order valence-electron chi connectivity index (χ2n) is 4.75. The topological polar surface area (TPSA) is 74.8 Å². The molecule has 0 bridgehead atoms. The lowest BCUT2D eigenvalue weighted by molar-refractivity contribution is 0.601. The minimum Gasteiger partial charge on any atom is -0.276 e. The zero-order chi connectivity index (χ0) is 15.9. The summed E-state index contributed by atoms with van der Waals surface area (Å²) in [4.78, 5) is -0.0180. The molecule has 3 rings (SSSR count). The average molecular weight is 340 g/mol. The fourth-order valence-corrected chi connectivity index (χ4v) is 3.32. The Morgan fingerprint density at radius 1 is 1.27 bits per heavy atom. The van der Waals surface area contributed by atoms with Crippen LogP contribution in [0.3, 0.4) is 0 Å². The number of benzene rings is 2. The van der Waals surface area contributed by atoms with Gasteiger partial charge in [0.1, 0.15) is 5.82 Å². The summed E-state index contributed by atoms with van der Waals surface area (Å²) in [7, 11) is -3.91. The van der Waals surface area contributed by atoms with Crippen molar-refractivity contribution in [2.75, 3.05) is 4.72 Å². The van der Waals surface area contributed by atoms with E-state index in [2.05, 4.69) is 14.9 Å². The van der Waals surface area contributed by atoms with Crippen LogP contribution in [-0.4, -0.2) is 18.6 Å². The summed E-state index contributed by atoms with van der Waals surface area (Å²) in [5, 5.41) is 6.82. The number of aromatic amines is 1. The van der Waals surface area contributed by atoms with Crippen LogP contribution >= 0.6 is 11.6 Å². The summed E-state index contributed by atoms with van der Waals surface area (Å²) in [5.74, 6) is -0.657. The lowest BCUT2D eigenvalue weighted by Gasteiger charge is -2.07. The zero-order valence-electron chi connectivity index (χ0n) is 11.4. The molecule has 1 heterocycles. The molecule has 2 N–H and O–H groups in total. The van der Waals surface area contributed by atoms with Crippen LogP contribution in [0.25, 0.3) is 10.9 Å². The molecule has 8 heteroatoms. The highest BCUT2D eigenvalue weighted by atomic mass is 35.5. The number of aromatic nitrogens is 2. The molecule has 0 aliphatic heterocycles. The van der Waals surface area contributed by atoms with Gasteiger partial charge >= 0.3 is 0 Å². The first-order chi connectivity index (χ1) is 10.4. The van der Waals surface area contributed by atoms with Crippen molar-refractivity contribution in [1.82, 2.24) is 10.2 Å². The van der Waals surface area contributed by atoms with Crippen molar-refractivity contribution in [2.24, 2.45) is 0 Å². The molecule has 0 atom stereocenters. The molecular formula is C14H11ClFN3O2S. The fourth-order valence-electron chi connectivity index (χ4n) is 2.03. The van der Waals surface area contributed by atoms with E-state index in [-0.39, 0.29) is 16.1 Å². The van der Waals surface area contributed by atoms with Gasteiger partial charge < -0.3 is 0 Å². The third kappa shape index (κ3) is 2.53. The van der Waals surface area contributed by atoms with Gasteiger partial charge in [-0.05, 0) is 36.8 Å². The SMILES string of the molecule is Cc1ccc(S(=O)(=O)Nc2n[nH]c3cccc(F)c23)cc1Cl. The number of aryl methyl sites for hydroxylation is 1. The number of halogens is 2. The van der Waals surface area contributed by atoms with Crippen molar-refractivity contribution in [1.29, 1.82) is 0 Å². The van der Waals surface area contributed by atoms with E-state index in [9.17, 15) is 12.8 Å². The van der Waals surface area contributed by atoms with Crippen molar-refractivity contribution in [3.05, 3.63) is 52.8 Å². The van der Waals surface area contributed by atoms with Gasteiger partial charge in [-0.25, -0.2) is 12.8 Å². The van der Waals surface area contributed by atoms with Crippen LogP contribution in [0.2, 0.25) is 5.02 Å². The van der Waals surface area contributed by atoms with Crippen LogP contribution in [0.15, 0.2) is 41.3 Å². The largest absolute Gasteiger partial charge is 0.276 e. The number of H-pyrrole nitrogens is 1. The number of anilines is 1. The molecule has 22 heavy (non-hydrogen) atoms. The van der Waals surface area contributed by atoms with Crippen LogP contribution in [0.1, 0.15) is 5.56 Å².